The van der Waals surface area contributed by atoms with Crippen LogP contribution in [0.2, 0.25) is 5.02 Å². The number of hydrogen-bond donors (Lipinski definition) is 2. The maximum absolute atomic E-state index is 11.9. The van der Waals surface area contributed by atoms with Crippen LogP contribution in [0.15, 0.2) is 36.4 Å². The van der Waals surface area contributed by atoms with Gasteiger partial charge in [0.05, 0.1) is 16.2 Å². The number of esters is 1. The van der Waals surface area contributed by atoms with Gasteiger partial charge in [0.2, 0.25) is 0 Å². The molecule has 0 aliphatic heterocycles. The zero-order chi connectivity index (χ0) is 18.6. The number of aryl methyl sites for hydroxylation is 1. The summed E-state index contributed by atoms with van der Waals surface area (Å²) in [7, 11) is 0. The first-order chi connectivity index (χ1) is 11.8. The van der Waals surface area contributed by atoms with Crippen molar-refractivity contribution in [3.05, 3.63) is 62.7 Å². The molecule has 0 fully saturated rings. The summed E-state index contributed by atoms with van der Waals surface area (Å²) in [4.78, 5) is 33.8. The normalized spacial score (nSPS) is 10.2. The third-order valence-electron chi connectivity index (χ3n) is 3.26. The number of carbonyl (C=O) groups excluding carboxylic acids is 2. The number of nitro benzene ring substituents is 1. The number of nitro groups is 1. The average molecular weight is 364 g/mol. The van der Waals surface area contributed by atoms with Gasteiger partial charge in [-0.05, 0) is 36.8 Å². The van der Waals surface area contributed by atoms with Gasteiger partial charge in [-0.15, -0.1) is 0 Å². The topological polar surface area (TPSA) is 125 Å². The van der Waals surface area contributed by atoms with Crippen molar-refractivity contribution in [2.45, 2.75) is 6.92 Å². The molecule has 0 radical (unpaired) electrons. The van der Waals surface area contributed by atoms with Crippen LogP contribution < -0.4 is 11.1 Å². The van der Waals surface area contributed by atoms with E-state index in [1.165, 1.54) is 6.07 Å². The smallest absolute Gasteiger partial charge is 0.340 e. The fourth-order valence-corrected chi connectivity index (χ4v) is 2.24. The minimum absolute atomic E-state index is 0.0546. The number of carbonyl (C=O) groups is 2. The number of ether oxygens (including phenoxy) is 1. The number of non-ortho nitro benzene ring substituents is 1. The predicted octanol–water partition coefficient (Wildman–Crippen LogP) is 2.93. The van der Waals surface area contributed by atoms with Gasteiger partial charge in [0.15, 0.2) is 6.61 Å². The summed E-state index contributed by atoms with van der Waals surface area (Å²) in [6.07, 6.45) is 0. The molecule has 0 aliphatic carbocycles. The van der Waals surface area contributed by atoms with Crippen molar-refractivity contribution in [1.29, 1.82) is 0 Å². The Labute approximate surface area is 147 Å². The molecule has 8 nitrogen and oxygen atoms in total. The molecule has 0 aromatic heterocycles. The molecule has 0 bridgehead atoms. The van der Waals surface area contributed by atoms with E-state index in [2.05, 4.69) is 5.32 Å². The summed E-state index contributed by atoms with van der Waals surface area (Å²) in [5, 5.41) is 13.8. The van der Waals surface area contributed by atoms with Gasteiger partial charge in [-0.25, -0.2) is 4.79 Å². The number of amides is 1. The van der Waals surface area contributed by atoms with E-state index in [4.69, 9.17) is 22.1 Å². The van der Waals surface area contributed by atoms with Crippen molar-refractivity contribution in [3.8, 4) is 0 Å². The summed E-state index contributed by atoms with van der Waals surface area (Å²) in [5.74, 6) is -1.39. The fourth-order valence-electron chi connectivity index (χ4n) is 2.01. The summed E-state index contributed by atoms with van der Waals surface area (Å²) in [5.41, 5.74) is 6.50. The number of nitrogens with zero attached hydrogens (tertiary/aromatic N) is 1. The SMILES string of the molecule is Cc1cc(Cl)ccc1NC(=O)COC(=O)c1ccc([N+](=O)[O-])cc1N. The highest BCUT2D eigenvalue weighted by atomic mass is 35.5. The zero-order valence-corrected chi connectivity index (χ0v) is 13.9. The monoisotopic (exact) mass is 363 g/mol. The lowest BCUT2D eigenvalue weighted by Crippen LogP contribution is -2.21. The molecular formula is C16H14ClN3O5. The molecule has 1 amide bonds. The highest BCUT2D eigenvalue weighted by Gasteiger charge is 2.17. The van der Waals surface area contributed by atoms with Crippen LogP contribution in [0, 0.1) is 17.0 Å². The van der Waals surface area contributed by atoms with Gasteiger partial charge in [0.25, 0.3) is 11.6 Å². The van der Waals surface area contributed by atoms with Crippen molar-refractivity contribution in [2.75, 3.05) is 17.7 Å². The summed E-state index contributed by atoms with van der Waals surface area (Å²) < 4.78 is 4.88. The van der Waals surface area contributed by atoms with E-state index in [1.807, 2.05) is 0 Å². The minimum atomic E-state index is -0.852. The summed E-state index contributed by atoms with van der Waals surface area (Å²) in [6, 6.07) is 8.29. The molecule has 0 spiro atoms. The van der Waals surface area contributed by atoms with Crippen molar-refractivity contribution in [2.24, 2.45) is 0 Å². The zero-order valence-electron chi connectivity index (χ0n) is 13.1. The van der Waals surface area contributed by atoms with Gasteiger partial charge in [0.1, 0.15) is 0 Å². The number of nitrogens with two attached hydrogens (primary N) is 1. The number of nitrogen functional groups attached to an aromatic ring is 1. The Morgan fingerprint density at radius 1 is 1.28 bits per heavy atom. The number of halogens is 1. The molecule has 0 atom stereocenters. The van der Waals surface area contributed by atoms with E-state index in [0.29, 0.717) is 10.7 Å². The first kappa shape index (κ1) is 18.2. The molecule has 9 heteroatoms. The highest BCUT2D eigenvalue weighted by Crippen LogP contribution is 2.21. The Morgan fingerprint density at radius 2 is 2.00 bits per heavy atom. The van der Waals surface area contributed by atoms with Gasteiger partial charge in [-0.2, -0.15) is 0 Å². The van der Waals surface area contributed by atoms with Crippen LogP contribution in [0.1, 0.15) is 15.9 Å². The highest BCUT2D eigenvalue weighted by molar-refractivity contribution is 6.30. The van der Waals surface area contributed by atoms with Crippen LogP contribution in [-0.2, 0) is 9.53 Å². The van der Waals surface area contributed by atoms with Gasteiger partial charge in [-0.1, -0.05) is 11.6 Å². The number of hydrogen-bond acceptors (Lipinski definition) is 6. The lowest BCUT2D eigenvalue weighted by molar-refractivity contribution is -0.384. The lowest BCUT2D eigenvalue weighted by atomic mass is 10.1. The molecule has 130 valence electrons. The van der Waals surface area contributed by atoms with Gasteiger partial charge in [-0.3, -0.25) is 14.9 Å². The summed E-state index contributed by atoms with van der Waals surface area (Å²) in [6.45, 7) is 1.24. The molecule has 0 heterocycles. The van der Waals surface area contributed by atoms with Gasteiger partial charge in [0, 0.05) is 22.8 Å². The minimum Gasteiger partial charge on any atom is -0.452 e. The second kappa shape index (κ2) is 7.63. The molecule has 25 heavy (non-hydrogen) atoms. The van der Waals surface area contributed by atoms with Crippen molar-refractivity contribution < 1.29 is 19.2 Å². The van der Waals surface area contributed by atoms with E-state index in [9.17, 15) is 19.7 Å². The molecule has 0 saturated carbocycles. The Kier molecular flexibility index (Phi) is 5.56. The standard InChI is InChI=1S/C16H14ClN3O5/c1-9-6-10(17)2-5-14(9)19-15(21)8-25-16(22)12-4-3-11(20(23)24)7-13(12)18/h2-7H,8,18H2,1H3,(H,19,21). The predicted molar refractivity (Wildman–Crippen MR) is 92.6 cm³/mol. The van der Waals surface area contributed by atoms with E-state index < -0.39 is 23.4 Å². The number of benzene rings is 2. The van der Waals surface area contributed by atoms with Gasteiger partial charge >= 0.3 is 5.97 Å². The first-order valence-corrected chi connectivity index (χ1v) is 7.43. The molecule has 0 unspecified atom stereocenters. The maximum Gasteiger partial charge on any atom is 0.340 e. The Hall–Kier alpha value is -3.13. The molecule has 0 saturated heterocycles. The van der Waals surface area contributed by atoms with Crippen LogP contribution >= 0.6 is 11.6 Å². The lowest BCUT2D eigenvalue weighted by Gasteiger charge is -2.10. The molecule has 2 rings (SSSR count). The van der Waals surface area contributed by atoms with E-state index in [-0.39, 0.29) is 16.9 Å². The third kappa shape index (κ3) is 4.67. The number of anilines is 2. The van der Waals surface area contributed by atoms with Crippen LogP contribution in [0.3, 0.4) is 0 Å². The molecule has 3 N–H and O–H groups in total. The van der Waals surface area contributed by atoms with Gasteiger partial charge < -0.3 is 15.8 Å². The van der Waals surface area contributed by atoms with Crippen molar-refractivity contribution in [3.63, 3.8) is 0 Å². The molecule has 2 aromatic carbocycles. The fraction of sp³-hybridized carbons (Fsp3) is 0.125. The average Bonchev–Trinajstić information content (AvgIpc) is 2.55. The second-order valence-corrected chi connectivity index (χ2v) is 5.55. The largest absolute Gasteiger partial charge is 0.452 e. The Morgan fingerprint density at radius 3 is 2.60 bits per heavy atom. The summed E-state index contributed by atoms with van der Waals surface area (Å²) >= 11 is 5.83. The quantitative estimate of drug-likeness (QED) is 0.364. The molecule has 0 aliphatic rings. The van der Waals surface area contributed by atoms with Crippen LogP contribution in [0.4, 0.5) is 17.1 Å². The van der Waals surface area contributed by atoms with E-state index >= 15 is 0 Å². The van der Waals surface area contributed by atoms with Crippen molar-refractivity contribution >= 4 is 40.5 Å². The Bertz CT molecular complexity index is 854. The van der Waals surface area contributed by atoms with Crippen LogP contribution in [0.5, 0.6) is 0 Å². The molecule has 2 aromatic rings. The number of nitrogens with one attached hydrogen (secondary N) is 1. The first-order valence-electron chi connectivity index (χ1n) is 7.05. The third-order valence-corrected chi connectivity index (χ3v) is 3.50. The second-order valence-electron chi connectivity index (χ2n) is 5.11. The van der Waals surface area contributed by atoms with E-state index in [0.717, 1.165) is 17.7 Å². The Balaban J connectivity index is 1.97. The van der Waals surface area contributed by atoms with Crippen LogP contribution in [-0.4, -0.2) is 23.4 Å². The van der Waals surface area contributed by atoms with Crippen molar-refractivity contribution in [1.82, 2.24) is 0 Å². The number of rotatable bonds is 5. The van der Waals surface area contributed by atoms with E-state index in [1.54, 1.807) is 25.1 Å². The molecular weight excluding hydrogens is 350 g/mol. The van der Waals surface area contributed by atoms with Crippen LogP contribution in [0.25, 0.3) is 0 Å². The maximum atomic E-state index is 11.9.